The van der Waals surface area contributed by atoms with E-state index in [0.29, 0.717) is 5.69 Å². The molecule has 0 unspecified atom stereocenters. The highest BCUT2D eigenvalue weighted by Gasteiger charge is 2.33. The summed E-state index contributed by atoms with van der Waals surface area (Å²) < 4.78 is 40.4. The number of nitrogens with one attached hydrogen (secondary N) is 1. The van der Waals surface area contributed by atoms with E-state index in [9.17, 15) is 18.0 Å². The van der Waals surface area contributed by atoms with Crippen molar-refractivity contribution in [3.63, 3.8) is 0 Å². The molecule has 0 aliphatic carbocycles. The predicted octanol–water partition coefficient (Wildman–Crippen LogP) is 5.11. The van der Waals surface area contributed by atoms with E-state index in [1.165, 1.54) is 12.3 Å². The van der Waals surface area contributed by atoms with E-state index in [-0.39, 0.29) is 11.3 Å². The largest absolute Gasteiger partial charge is 0.417 e. The van der Waals surface area contributed by atoms with Crippen molar-refractivity contribution in [3.05, 3.63) is 76.6 Å². The normalized spacial score (nSPS) is 11.4. The van der Waals surface area contributed by atoms with Crippen LogP contribution in [0.5, 0.6) is 0 Å². The van der Waals surface area contributed by atoms with Gasteiger partial charge >= 0.3 is 6.18 Å². The second-order valence-corrected chi connectivity index (χ2v) is 5.94. The molecule has 0 radical (unpaired) electrons. The molecule has 1 N–H and O–H groups in total. The van der Waals surface area contributed by atoms with Crippen molar-refractivity contribution in [2.24, 2.45) is 0 Å². The molecule has 134 valence electrons. The number of rotatable bonds is 3. The highest BCUT2D eigenvalue weighted by molar-refractivity contribution is 6.31. The van der Waals surface area contributed by atoms with Crippen LogP contribution in [0.1, 0.15) is 21.6 Å². The SMILES string of the molecule is Cc1c(C(=O)Nc2ccc(Cl)c(C(F)(F)F)c2)cnn1-c1ccccc1. The van der Waals surface area contributed by atoms with Gasteiger partial charge in [0.2, 0.25) is 0 Å². The molecule has 0 bridgehead atoms. The molecule has 0 aliphatic heterocycles. The van der Waals surface area contributed by atoms with Crippen molar-refractivity contribution >= 4 is 23.2 Å². The van der Waals surface area contributed by atoms with Gasteiger partial charge in [-0.2, -0.15) is 18.3 Å². The van der Waals surface area contributed by atoms with E-state index < -0.39 is 22.7 Å². The summed E-state index contributed by atoms with van der Waals surface area (Å²) in [5.41, 5.74) is 0.596. The second-order valence-electron chi connectivity index (χ2n) is 5.54. The average molecular weight is 380 g/mol. The zero-order valence-corrected chi connectivity index (χ0v) is 14.3. The number of hydrogen-bond donors (Lipinski definition) is 1. The summed E-state index contributed by atoms with van der Waals surface area (Å²) in [7, 11) is 0. The Bertz CT molecular complexity index is 952. The molecule has 0 fully saturated rings. The Labute approximate surface area is 152 Å². The molecule has 2 aromatic carbocycles. The Morgan fingerprint density at radius 1 is 1.15 bits per heavy atom. The van der Waals surface area contributed by atoms with E-state index in [1.807, 2.05) is 30.3 Å². The van der Waals surface area contributed by atoms with Crippen LogP contribution in [0.3, 0.4) is 0 Å². The van der Waals surface area contributed by atoms with Crippen molar-refractivity contribution in [2.45, 2.75) is 13.1 Å². The van der Waals surface area contributed by atoms with E-state index in [4.69, 9.17) is 11.6 Å². The summed E-state index contributed by atoms with van der Waals surface area (Å²) in [6.45, 7) is 1.71. The van der Waals surface area contributed by atoms with Gasteiger partial charge in [-0.1, -0.05) is 29.8 Å². The Morgan fingerprint density at radius 3 is 2.50 bits per heavy atom. The van der Waals surface area contributed by atoms with Crippen LogP contribution in [0.4, 0.5) is 18.9 Å². The summed E-state index contributed by atoms with van der Waals surface area (Å²) in [4.78, 5) is 12.4. The number of aromatic nitrogens is 2. The van der Waals surface area contributed by atoms with E-state index in [1.54, 1.807) is 11.6 Å². The molecular weight excluding hydrogens is 367 g/mol. The third-order valence-corrected chi connectivity index (χ3v) is 4.11. The number of benzene rings is 2. The fraction of sp³-hybridized carbons (Fsp3) is 0.111. The summed E-state index contributed by atoms with van der Waals surface area (Å²) in [5, 5.41) is 6.20. The minimum absolute atomic E-state index is 0.00131. The van der Waals surface area contributed by atoms with Gasteiger partial charge in [0.15, 0.2) is 0 Å². The Morgan fingerprint density at radius 2 is 1.85 bits per heavy atom. The van der Waals surface area contributed by atoms with Crippen LogP contribution in [-0.2, 0) is 6.18 Å². The first kappa shape index (κ1) is 18.0. The van der Waals surface area contributed by atoms with Gasteiger partial charge in [0, 0.05) is 5.69 Å². The molecule has 0 saturated heterocycles. The summed E-state index contributed by atoms with van der Waals surface area (Å²) in [6, 6.07) is 12.4. The van der Waals surface area contributed by atoms with Crippen LogP contribution >= 0.6 is 11.6 Å². The van der Waals surface area contributed by atoms with Crippen molar-refractivity contribution in [1.29, 1.82) is 0 Å². The fourth-order valence-electron chi connectivity index (χ4n) is 2.48. The van der Waals surface area contributed by atoms with Gasteiger partial charge in [-0.05, 0) is 37.3 Å². The van der Waals surface area contributed by atoms with Crippen LogP contribution in [0, 0.1) is 6.92 Å². The van der Waals surface area contributed by atoms with Gasteiger partial charge in [0.1, 0.15) is 0 Å². The Hall–Kier alpha value is -2.80. The standard InChI is InChI=1S/C18H13ClF3N3O/c1-11-14(10-23-25(11)13-5-3-2-4-6-13)17(26)24-12-7-8-16(19)15(9-12)18(20,21)22/h2-10H,1H3,(H,24,26). The molecule has 0 aliphatic rings. The molecule has 3 rings (SSSR count). The van der Waals surface area contributed by atoms with Gasteiger partial charge < -0.3 is 5.32 Å². The van der Waals surface area contributed by atoms with E-state index in [0.717, 1.165) is 17.8 Å². The van der Waals surface area contributed by atoms with Crippen LogP contribution in [0.15, 0.2) is 54.7 Å². The highest BCUT2D eigenvalue weighted by atomic mass is 35.5. The summed E-state index contributed by atoms with van der Waals surface area (Å²) >= 11 is 5.58. The van der Waals surface area contributed by atoms with Crippen molar-refractivity contribution < 1.29 is 18.0 Å². The topological polar surface area (TPSA) is 46.9 Å². The predicted molar refractivity (Wildman–Crippen MR) is 92.7 cm³/mol. The van der Waals surface area contributed by atoms with E-state index >= 15 is 0 Å². The lowest BCUT2D eigenvalue weighted by atomic mass is 10.1. The Balaban J connectivity index is 1.87. The van der Waals surface area contributed by atoms with Crippen LogP contribution < -0.4 is 5.32 Å². The molecule has 1 heterocycles. The monoisotopic (exact) mass is 379 g/mol. The summed E-state index contributed by atoms with van der Waals surface area (Å²) in [6.07, 6.45) is -3.23. The lowest BCUT2D eigenvalue weighted by Gasteiger charge is -2.12. The minimum atomic E-state index is -4.61. The van der Waals surface area contributed by atoms with Gasteiger partial charge in [0.25, 0.3) is 5.91 Å². The number of carbonyl (C=O) groups is 1. The molecule has 1 amide bonds. The number of amides is 1. The number of para-hydroxylation sites is 1. The maximum atomic E-state index is 12.9. The molecule has 0 atom stereocenters. The number of carbonyl (C=O) groups excluding carboxylic acids is 1. The maximum Gasteiger partial charge on any atom is 0.417 e. The first-order valence-corrected chi connectivity index (χ1v) is 7.93. The van der Waals surface area contributed by atoms with Crippen molar-refractivity contribution in [1.82, 2.24) is 9.78 Å². The number of halogens is 4. The third kappa shape index (κ3) is 3.57. The third-order valence-electron chi connectivity index (χ3n) is 3.78. The lowest BCUT2D eigenvalue weighted by Crippen LogP contribution is -2.14. The smallest absolute Gasteiger partial charge is 0.322 e. The number of anilines is 1. The number of alkyl halides is 3. The molecule has 0 spiro atoms. The van der Waals surface area contributed by atoms with E-state index in [2.05, 4.69) is 10.4 Å². The van der Waals surface area contributed by atoms with Crippen molar-refractivity contribution in [3.8, 4) is 5.69 Å². The molecule has 0 saturated carbocycles. The Kier molecular flexibility index (Phi) is 4.73. The first-order valence-electron chi connectivity index (χ1n) is 7.55. The highest BCUT2D eigenvalue weighted by Crippen LogP contribution is 2.36. The number of nitrogens with zero attached hydrogens (tertiary/aromatic N) is 2. The maximum absolute atomic E-state index is 12.9. The molecule has 26 heavy (non-hydrogen) atoms. The molecule has 3 aromatic rings. The second kappa shape index (κ2) is 6.84. The quantitative estimate of drug-likeness (QED) is 0.687. The lowest BCUT2D eigenvalue weighted by molar-refractivity contribution is -0.137. The van der Waals surface area contributed by atoms with Crippen LogP contribution in [-0.4, -0.2) is 15.7 Å². The van der Waals surface area contributed by atoms with Crippen molar-refractivity contribution in [2.75, 3.05) is 5.32 Å². The van der Waals surface area contributed by atoms with Gasteiger partial charge in [-0.3, -0.25) is 4.79 Å². The zero-order chi connectivity index (χ0) is 18.9. The van der Waals surface area contributed by atoms with Gasteiger partial charge in [0.05, 0.1) is 33.7 Å². The first-order chi connectivity index (χ1) is 12.3. The zero-order valence-electron chi connectivity index (χ0n) is 13.5. The summed E-state index contributed by atoms with van der Waals surface area (Å²) in [5.74, 6) is -0.555. The minimum Gasteiger partial charge on any atom is -0.322 e. The fourth-order valence-corrected chi connectivity index (χ4v) is 2.71. The van der Waals surface area contributed by atoms with Crippen LogP contribution in [0.25, 0.3) is 5.69 Å². The molecular formula is C18H13ClF3N3O. The number of hydrogen-bond acceptors (Lipinski definition) is 2. The average Bonchev–Trinajstić information content (AvgIpc) is 2.98. The van der Waals surface area contributed by atoms with Gasteiger partial charge in [-0.15, -0.1) is 0 Å². The molecule has 8 heteroatoms. The van der Waals surface area contributed by atoms with Gasteiger partial charge in [-0.25, -0.2) is 4.68 Å². The molecule has 1 aromatic heterocycles. The van der Waals surface area contributed by atoms with Crippen LogP contribution in [0.2, 0.25) is 5.02 Å². The molecule has 4 nitrogen and oxygen atoms in total.